The van der Waals surface area contributed by atoms with Crippen LogP contribution in [-0.4, -0.2) is 20.9 Å². The molecule has 7 heteroatoms. The van der Waals surface area contributed by atoms with E-state index >= 15 is 0 Å². The maximum absolute atomic E-state index is 12.2. The molecule has 2 aliphatic heterocycles. The summed E-state index contributed by atoms with van der Waals surface area (Å²) in [6.07, 6.45) is 2.09. The number of hydrogen-bond acceptors (Lipinski definition) is 5. The van der Waals surface area contributed by atoms with Gasteiger partial charge >= 0.3 is 0 Å². The van der Waals surface area contributed by atoms with Crippen LogP contribution in [0.5, 0.6) is 0 Å². The molecule has 0 aromatic heterocycles. The SMILES string of the molecule is CC(=O)NS(=O)(=O)c1ccc([C@H]2Nc3ccc(C)cc3[C@@H]3OCCC[C@H]23)cc1. The first-order valence-electron chi connectivity index (χ1n) is 9.47. The van der Waals surface area contributed by atoms with Crippen LogP contribution in [-0.2, 0) is 19.6 Å². The lowest BCUT2D eigenvalue weighted by Crippen LogP contribution is -2.36. The number of carbonyl (C=O) groups is 1. The van der Waals surface area contributed by atoms with Gasteiger partial charge in [-0.1, -0.05) is 29.8 Å². The van der Waals surface area contributed by atoms with E-state index in [0.717, 1.165) is 30.7 Å². The monoisotopic (exact) mass is 400 g/mol. The van der Waals surface area contributed by atoms with Gasteiger partial charge in [-0.25, -0.2) is 13.1 Å². The molecule has 0 saturated carbocycles. The summed E-state index contributed by atoms with van der Waals surface area (Å²) >= 11 is 0. The summed E-state index contributed by atoms with van der Waals surface area (Å²) < 4.78 is 32.5. The summed E-state index contributed by atoms with van der Waals surface area (Å²) in [7, 11) is -3.83. The Bertz CT molecular complexity index is 1000. The van der Waals surface area contributed by atoms with Gasteiger partial charge in [0.05, 0.1) is 17.0 Å². The Morgan fingerprint density at radius 2 is 1.93 bits per heavy atom. The van der Waals surface area contributed by atoms with Crippen molar-refractivity contribution in [1.29, 1.82) is 0 Å². The third-order valence-electron chi connectivity index (χ3n) is 5.45. The highest BCUT2D eigenvalue weighted by Gasteiger charge is 2.39. The number of benzene rings is 2. The van der Waals surface area contributed by atoms with Gasteiger partial charge in [-0.15, -0.1) is 0 Å². The Hall–Kier alpha value is -2.38. The molecule has 0 spiro atoms. The number of sulfonamides is 1. The van der Waals surface area contributed by atoms with E-state index in [1.54, 1.807) is 12.1 Å². The molecule has 148 valence electrons. The van der Waals surface area contributed by atoms with Crippen LogP contribution in [0.3, 0.4) is 0 Å². The van der Waals surface area contributed by atoms with Crippen molar-refractivity contribution >= 4 is 21.6 Å². The average molecular weight is 401 g/mol. The van der Waals surface area contributed by atoms with Gasteiger partial charge in [0, 0.05) is 30.7 Å². The minimum Gasteiger partial charge on any atom is -0.378 e. The maximum atomic E-state index is 12.2. The van der Waals surface area contributed by atoms with Crippen molar-refractivity contribution in [1.82, 2.24) is 4.72 Å². The summed E-state index contributed by atoms with van der Waals surface area (Å²) in [6, 6.07) is 13.1. The molecule has 1 fully saturated rings. The van der Waals surface area contributed by atoms with Crippen molar-refractivity contribution in [2.75, 3.05) is 11.9 Å². The molecule has 0 bridgehead atoms. The van der Waals surface area contributed by atoms with Crippen LogP contribution in [0.15, 0.2) is 47.4 Å². The Morgan fingerprint density at radius 1 is 1.18 bits per heavy atom. The number of nitrogens with one attached hydrogen (secondary N) is 2. The molecular weight excluding hydrogens is 376 g/mol. The first kappa shape index (κ1) is 19.0. The van der Waals surface area contributed by atoms with E-state index in [1.165, 1.54) is 18.1 Å². The molecular formula is C21H24N2O4S. The van der Waals surface area contributed by atoms with Gasteiger partial charge in [0.15, 0.2) is 0 Å². The van der Waals surface area contributed by atoms with E-state index in [9.17, 15) is 13.2 Å². The van der Waals surface area contributed by atoms with Crippen LogP contribution >= 0.6 is 0 Å². The van der Waals surface area contributed by atoms with Gasteiger partial charge in [-0.3, -0.25) is 4.79 Å². The van der Waals surface area contributed by atoms with E-state index in [1.807, 2.05) is 16.9 Å². The predicted octanol–water partition coefficient (Wildman–Crippen LogP) is 3.45. The van der Waals surface area contributed by atoms with Gasteiger partial charge in [0.2, 0.25) is 5.91 Å². The maximum Gasteiger partial charge on any atom is 0.264 e. The van der Waals surface area contributed by atoms with Crippen molar-refractivity contribution in [2.45, 2.75) is 43.7 Å². The van der Waals surface area contributed by atoms with Crippen molar-refractivity contribution in [3.63, 3.8) is 0 Å². The van der Waals surface area contributed by atoms with Gasteiger partial charge in [0.1, 0.15) is 0 Å². The largest absolute Gasteiger partial charge is 0.378 e. The van der Waals surface area contributed by atoms with E-state index < -0.39 is 15.9 Å². The standard InChI is InChI=1S/C21H24N2O4S/c1-13-5-10-19-18(12-13)21-17(4-3-11-27-21)20(22-19)15-6-8-16(9-7-15)28(25,26)23-14(2)24/h5-10,12,17,20-22H,3-4,11H2,1-2H3,(H,23,24)/t17-,20-,21-/m1/s1. The number of aryl methyl sites for hydroxylation is 1. The van der Waals surface area contributed by atoms with Crippen LogP contribution in [0.4, 0.5) is 5.69 Å². The van der Waals surface area contributed by atoms with E-state index in [4.69, 9.17) is 4.74 Å². The minimum atomic E-state index is -3.83. The molecule has 4 rings (SSSR count). The summed E-state index contributed by atoms with van der Waals surface area (Å²) in [6.45, 7) is 4.02. The number of anilines is 1. The van der Waals surface area contributed by atoms with E-state index in [2.05, 4.69) is 30.4 Å². The Kier molecular flexibility index (Phi) is 4.89. The van der Waals surface area contributed by atoms with Crippen LogP contribution < -0.4 is 10.0 Å². The summed E-state index contributed by atoms with van der Waals surface area (Å²) in [4.78, 5) is 11.2. The number of rotatable bonds is 3. The van der Waals surface area contributed by atoms with E-state index in [0.29, 0.717) is 0 Å². The molecule has 2 aromatic rings. The predicted molar refractivity (Wildman–Crippen MR) is 106 cm³/mol. The molecule has 0 unspecified atom stereocenters. The Morgan fingerprint density at radius 3 is 2.64 bits per heavy atom. The molecule has 1 saturated heterocycles. The topological polar surface area (TPSA) is 84.5 Å². The molecule has 0 aliphatic carbocycles. The van der Waals surface area contributed by atoms with Crippen molar-refractivity contribution in [3.8, 4) is 0 Å². The number of carbonyl (C=O) groups excluding carboxylic acids is 1. The lowest BCUT2D eigenvalue weighted by molar-refractivity contribution is -0.117. The van der Waals surface area contributed by atoms with Crippen LogP contribution in [0.25, 0.3) is 0 Å². The molecule has 2 aliphatic rings. The fourth-order valence-corrected chi connectivity index (χ4v) is 5.21. The minimum absolute atomic E-state index is 0.0395. The summed E-state index contributed by atoms with van der Waals surface area (Å²) in [5.41, 5.74) is 4.48. The molecule has 2 N–H and O–H groups in total. The Labute approximate surface area is 165 Å². The Balaban J connectivity index is 1.67. The van der Waals surface area contributed by atoms with Gasteiger partial charge in [-0.05, 0) is 43.5 Å². The second-order valence-corrected chi connectivity index (χ2v) is 9.22. The fraction of sp³-hybridized carbons (Fsp3) is 0.381. The molecule has 28 heavy (non-hydrogen) atoms. The smallest absolute Gasteiger partial charge is 0.264 e. The quantitative estimate of drug-likeness (QED) is 0.824. The van der Waals surface area contributed by atoms with Gasteiger partial charge in [0.25, 0.3) is 10.0 Å². The number of ether oxygens (including phenoxy) is 1. The van der Waals surface area contributed by atoms with Crippen LogP contribution in [0.2, 0.25) is 0 Å². The highest BCUT2D eigenvalue weighted by Crippen LogP contribution is 2.49. The normalized spacial score (nSPS) is 23.9. The second-order valence-electron chi connectivity index (χ2n) is 7.54. The van der Waals surface area contributed by atoms with E-state index in [-0.39, 0.29) is 23.0 Å². The number of hydrogen-bond donors (Lipinski definition) is 2. The average Bonchev–Trinajstić information content (AvgIpc) is 2.67. The molecule has 2 aromatic carbocycles. The van der Waals surface area contributed by atoms with Crippen molar-refractivity contribution in [2.24, 2.45) is 5.92 Å². The highest BCUT2D eigenvalue weighted by molar-refractivity contribution is 7.90. The second kappa shape index (κ2) is 7.22. The molecule has 2 heterocycles. The molecule has 0 radical (unpaired) electrons. The third kappa shape index (κ3) is 3.52. The number of amides is 1. The summed E-state index contributed by atoms with van der Waals surface area (Å²) in [5, 5.41) is 3.63. The fourth-order valence-electron chi connectivity index (χ4n) is 4.22. The zero-order chi connectivity index (χ0) is 19.9. The third-order valence-corrected chi connectivity index (χ3v) is 6.90. The number of fused-ring (bicyclic) bond motifs is 3. The first-order chi connectivity index (χ1) is 13.3. The highest BCUT2D eigenvalue weighted by atomic mass is 32.2. The molecule has 1 amide bonds. The zero-order valence-corrected chi connectivity index (χ0v) is 16.8. The van der Waals surface area contributed by atoms with Crippen LogP contribution in [0.1, 0.15) is 48.6 Å². The zero-order valence-electron chi connectivity index (χ0n) is 15.9. The van der Waals surface area contributed by atoms with Crippen molar-refractivity contribution in [3.05, 3.63) is 59.2 Å². The molecule has 6 nitrogen and oxygen atoms in total. The lowest BCUT2D eigenvalue weighted by Gasteiger charge is -2.43. The first-order valence-corrected chi connectivity index (χ1v) is 11.0. The van der Waals surface area contributed by atoms with Crippen molar-refractivity contribution < 1.29 is 17.9 Å². The van der Waals surface area contributed by atoms with Gasteiger partial charge < -0.3 is 10.1 Å². The van der Waals surface area contributed by atoms with Crippen LogP contribution in [0, 0.1) is 12.8 Å². The van der Waals surface area contributed by atoms with Gasteiger partial charge in [-0.2, -0.15) is 0 Å². The molecule has 3 atom stereocenters. The lowest BCUT2D eigenvalue weighted by atomic mass is 9.77. The summed E-state index contributed by atoms with van der Waals surface area (Å²) in [5.74, 6) is -0.326.